The largest absolute Gasteiger partial charge is 0.496 e. The second kappa shape index (κ2) is 12.8. The molecule has 1 aliphatic rings. The summed E-state index contributed by atoms with van der Waals surface area (Å²) in [6.07, 6.45) is 7.05. The smallest absolute Gasteiger partial charge is 0.129 e. The van der Waals surface area contributed by atoms with Crippen LogP contribution in [0.25, 0.3) is 32.2 Å². The molecule has 3 nitrogen and oxygen atoms in total. The van der Waals surface area contributed by atoms with Crippen molar-refractivity contribution in [2.75, 3.05) is 27.3 Å². The van der Waals surface area contributed by atoms with Crippen LogP contribution >= 0.6 is 11.3 Å². The van der Waals surface area contributed by atoms with E-state index in [4.69, 9.17) is 9.47 Å². The molecule has 212 valence electrons. The van der Waals surface area contributed by atoms with Crippen molar-refractivity contribution in [1.82, 2.24) is 4.90 Å². The van der Waals surface area contributed by atoms with Gasteiger partial charge in [-0.15, -0.1) is 11.3 Å². The Bertz CT molecular complexity index is 1490. The quantitative estimate of drug-likeness (QED) is 0.144. The highest BCUT2D eigenvalue weighted by atomic mass is 32.1. The molecule has 0 spiro atoms. The SMILES string of the molecule is CCCCc1sc2ccc(C(OC)=C(CC)c3ccc(OC)c4ccccc34)cc2c1C1CCN(C(C)C)CC1. The lowest BCUT2D eigenvalue weighted by atomic mass is 9.85. The number of ether oxygens (including phenoxy) is 2. The molecule has 0 radical (unpaired) electrons. The van der Waals surface area contributed by atoms with Gasteiger partial charge in [0.1, 0.15) is 11.5 Å². The first-order chi connectivity index (χ1) is 19.5. The lowest BCUT2D eigenvalue weighted by Gasteiger charge is -2.35. The molecule has 4 aromatic rings. The van der Waals surface area contributed by atoms with Crippen LogP contribution in [0.3, 0.4) is 0 Å². The average molecular weight is 556 g/mol. The van der Waals surface area contributed by atoms with E-state index in [0.717, 1.165) is 23.3 Å². The summed E-state index contributed by atoms with van der Waals surface area (Å²) < 4.78 is 13.3. The van der Waals surface area contributed by atoms with Gasteiger partial charge in [-0.25, -0.2) is 0 Å². The Hall–Kier alpha value is -2.82. The number of piperidine rings is 1. The van der Waals surface area contributed by atoms with E-state index in [9.17, 15) is 0 Å². The summed E-state index contributed by atoms with van der Waals surface area (Å²) in [5, 5.41) is 3.78. The predicted octanol–water partition coefficient (Wildman–Crippen LogP) is 9.92. The van der Waals surface area contributed by atoms with Crippen LogP contribution in [-0.4, -0.2) is 38.3 Å². The Morgan fingerprint density at radius 2 is 1.70 bits per heavy atom. The van der Waals surface area contributed by atoms with Gasteiger partial charge in [0.05, 0.1) is 14.2 Å². The van der Waals surface area contributed by atoms with Gasteiger partial charge < -0.3 is 14.4 Å². The van der Waals surface area contributed by atoms with Gasteiger partial charge in [-0.1, -0.05) is 50.6 Å². The number of hydrogen-bond donors (Lipinski definition) is 0. The number of benzene rings is 3. The highest BCUT2D eigenvalue weighted by Gasteiger charge is 2.27. The van der Waals surface area contributed by atoms with E-state index in [1.54, 1.807) is 17.6 Å². The molecule has 0 aliphatic carbocycles. The van der Waals surface area contributed by atoms with Crippen molar-refractivity contribution < 1.29 is 9.47 Å². The van der Waals surface area contributed by atoms with Gasteiger partial charge in [0.2, 0.25) is 0 Å². The lowest BCUT2D eigenvalue weighted by molar-refractivity contribution is 0.172. The van der Waals surface area contributed by atoms with Gasteiger partial charge in [-0.05, 0) is 111 Å². The van der Waals surface area contributed by atoms with Crippen LogP contribution in [0.2, 0.25) is 0 Å². The first-order valence-corrected chi connectivity index (χ1v) is 15.9. The van der Waals surface area contributed by atoms with E-state index in [1.165, 1.54) is 77.4 Å². The fourth-order valence-corrected chi connectivity index (χ4v) is 7.90. The molecular weight excluding hydrogens is 510 g/mol. The molecule has 0 N–H and O–H groups in total. The zero-order chi connectivity index (χ0) is 28.2. The van der Waals surface area contributed by atoms with E-state index >= 15 is 0 Å². The van der Waals surface area contributed by atoms with E-state index in [2.05, 4.69) is 87.2 Å². The van der Waals surface area contributed by atoms with Crippen LogP contribution in [0.4, 0.5) is 0 Å². The summed E-state index contributed by atoms with van der Waals surface area (Å²) in [7, 11) is 3.57. The van der Waals surface area contributed by atoms with Crippen molar-refractivity contribution in [3.63, 3.8) is 0 Å². The van der Waals surface area contributed by atoms with Crippen molar-refractivity contribution in [3.8, 4) is 5.75 Å². The molecule has 40 heavy (non-hydrogen) atoms. The van der Waals surface area contributed by atoms with Crippen molar-refractivity contribution in [3.05, 3.63) is 76.2 Å². The molecule has 0 saturated carbocycles. The Labute approximate surface area is 244 Å². The van der Waals surface area contributed by atoms with Gasteiger partial charge in [0.15, 0.2) is 0 Å². The summed E-state index contributed by atoms with van der Waals surface area (Å²) >= 11 is 2.02. The predicted molar refractivity (Wildman–Crippen MR) is 174 cm³/mol. The third kappa shape index (κ3) is 5.53. The first-order valence-electron chi connectivity index (χ1n) is 15.1. The van der Waals surface area contributed by atoms with Crippen LogP contribution in [0.15, 0.2) is 54.6 Å². The molecule has 0 atom stereocenters. The van der Waals surface area contributed by atoms with Gasteiger partial charge in [-0.3, -0.25) is 0 Å². The number of thiophene rings is 1. The van der Waals surface area contributed by atoms with Crippen LogP contribution in [0.1, 0.15) is 87.3 Å². The molecule has 1 saturated heterocycles. The van der Waals surface area contributed by atoms with E-state index < -0.39 is 0 Å². The molecule has 1 fully saturated rings. The molecular formula is C36H45NO2S. The van der Waals surface area contributed by atoms with E-state index in [-0.39, 0.29) is 0 Å². The van der Waals surface area contributed by atoms with Crippen LogP contribution in [0.5, 0.6) is 5.75 Å². The highest BCUT2D eigenvalue weighted by molar-refractivity contribution is 7.19. The summed E-state index contributed by atoms with van der Waals surface area (Å²) in [6, 6.07) is 20.5. The number of unbranched alkanes of at least 4 members (excludes halogenated alkanes) is 1. The maximum Gasteiger partial charge on any atom is 0.129 e. The fourth-order valence-electron chi connectivity index (χ4n) is 6.58. The van der Waals surface area contributed by atoms with Gasteiger partial charge in [0.25, 0.3) is 0 Å². The molecule has 2 heterocycles. The number of likely N-dealkylation sites (tertiary alicyclic amines) is 1. The maximum absolute atomic E-state index is 6.24. The minimum absolute atomic E-state index is 0.627. The number of nitrogens with zero attached hydrogens (tertiary/aromatic N) is 1. The number of methoxy groups -OCH3 is 2. The molecule has 0 bridgehead atoms. The zero-order valence-electron chi connectivity index (χ0n) is 25.2. The van der Waals surface area contributed by atoms with Crippen LogP contribution in [0, 0.1) is 0 Å². The van der Waals surface area contributed by atoms with Gasteiger partial charge in [-0.2, -0.15) is 0 Å². The van der Waals surface area contributed by atoms with Crippen molar-refractivity contribution in [1.29, 1.82) is 0 Å². The number of hydrogen-bond acceptors (Lipinski definition) is 4. The minimum Gasteiger partial charge on any atom is -0.496 e. The monoisotopic (exact) mass is 555 g/mol. The Balaban J connectivity index is 1.63. The normalized spacial score (nSPS) is 15.7. The van der Waals surface area contributed by atoms with E-state index in [1.807, 2.05) is 18.4 Å². The number of rotatable bonds is 10. The third-order valence-electron chi connectivity index (χ3n) is 8.75. The second-order valence-corrected chi connectivity index (χ2v) is 12.5. The summed E-state index contributed by atoms with van der Waals surface area (Å²) in [4.78, 5) is 4.25. The standard InChI is InChI=1S/C36H45NO2S/c1-7-9-14-34-35(25-19-21-37(22-20-25)24(3)4)31-23-26(15-18-33(31)40-34)36(39-6)27(8-2)29-16-17-32(38-5)30-13-11-10-12-28(29)30/h10-13,15-18,23-25H,7-9,14,19-22H2,1-6H3. The lowest BCUT2D eigenvalue weighted by Crippen LogP contribution is -2.37. The van der Waals surface area contributed by atoms with Gasteiger partial charge in [0, 0.05) is 32.1 Å². The summed E-state index contributed by atoms with van der Waals surface area (Å²) in [6.45, 7) is 11.6. The number of aryl methyl sites for hydroxylation is 1. The second-order valence-electron chi connectivity index (χ2n) is 11.4. The Kier molecular flexibility index (Phi) is 9.17. The molecule has 0 amide bonds. The summed E-state index contributed by atoms with van der Waals surface area (Å²) in [5.74, 6) is 2.51. The Morgan fingerprint density at radius 1 is 0.950 bits per heavy atom. The highest BCUT2D eigenvalue weighted by Crippen LogP contribution is 2.44. The molecule has 4 heteroatoms. The van der Waals surface area contributed by atoms with Crippen LogP contribution < -0.4 is 4.74 Å². The van der Waals surface area contributed by atoms with Crippen LogP contribution in [-0.2, 0) is 11.2 Å². The van der Waals surface area contributed by atoms with Gasteiger partial charge >= 0.3 is 0 Å². The molecule has 5 rings (SSSR count). The summed E-state index contributed by atoms with van der Waals surface area (Å²) in [5.41, 5.74) is 5.24. The first kappa shape index (κ1) is 28.7. The van der Waals surface area contributed by atoms with Crippen molar-refractivity contribution >= 4 is 43.5 Å². The molecule has 1 aliphatic heterocycles. The molecule has 0 unspecified atom stereocenters. The fraction of sp³-hybridized carbons (Fsp3) is 0.444. The van der Waals surface area contributed by atoms with Crippen molar-refractivity contribution in [2.24, 2.45) is 0 Å². The molecule has 3 aromatic carbocycles. The van der Waals surface area contributed by atoms with Crippen molar-refractivity contribution in [2.45, 2.75) is 78.2 Å². The number of allylic oxidation sites excluding steroid dienone is 1. The average Bonchev–Trinajstić information content (AvgIpc) is 3.35. The number of fused-ring (bicyclic) bond motifs is 2. The molecule has 1 aromatic heterocycles. The maximum atomic E-state index is 6.24. The Morgan fingerprint density at radius 3 is 2.35 bits per heavy atom. The zero-order valence-corrected chi connectivity index (χ0v) is 26.0. The minimum atomic E-state index is 0.627. The van der Waals surface area contributed by atoms with E-state index in [0.29, 0.717) is 12.0 Å². The topological polar surface area (TPSA) is 21.7 Å². The third-order valence-corrected chi connectivity index (χ3v) is 10.00.